The Morgan fingerprint density at radius 3 is 2.93 bits per heavy atom. The number of fused-ring (bicyclic) bond motifs is 1. The van der Waals surface area contributed by atoms with Crippen LogP contribution in [0.2, 0.25) is 0 Å². The predicted molar refractivity (Wildman–Crippen MR) is 104 cm³/mol. The molecule has 2 aliphatic rings. The predicted octanol–water partition coefficient (Wildman–Crippen LogP) is 1.02. The lowest BCUT2D eigenvalue weighted by Gasteiger charge is -2.32. The van der Waals surface area contributed by atoms with Crippen molar-refractivity contribution in [2.24, 2.45) is 5.73 Å². The van der Waals surface area contributed by atoms with Crippen LogP contribution in [-0.2, 0) is 31.0 Å². The molecule has 8 heteroatoms. The number of aliphatic hydroxyl groups is 1. The molecule has 1 saturated carbocycles. The van der Waals surface area contributed by atoms with Gasteiger partial charge in [0.25, 0.3) is 0 Å². The van der Waals surface area contributed by atoms with E-state index in [2.05, 4.69) is 19.7 Å². The molecule has 4 rings (SSSR count). The molecule has 0 bridgehead atoms. The van der Waals surface area contributed by atoms with Gasteiger partial charge in [-0.15, -0.1) is 10.2 Å². The highest BCUT2D eigenvalue weighted by Crippen LogP contribution is 2.35. The third-order valence-electron chi connectivity index (χ3n) is 5.65. The van der Waals surface area contributed by atoms with Crippen molar-refractivity contribution in [3.63, 3.8) is 0 Å². The van der Waals surface area contributed by atoms with Crippen molar-refractivity contribution < 1.29 is 14.6 Å². The summed E-state index contributed by atoms with van der Waals surface area (Å²) in [5.41, 5.74) is 7.97. The lowest BCUT2D eigenvalue weighted by molar-refractivity contribution is 0.178. The van der Waals surface area contributed by atoms with Crippen molar-refractivity contribution in [1.82, 2.24) is 19.7 Å². The Morgan fingerprint density at radius 2 is 2.18 bits per heavy atom. The maximum absolute atomic E-state index is 9.43. The number of ether oxygens (including phenoxy) is 2. The van der Waals surface area contributed by atoms with Crippen LogP contribution in [0.15, 0.2) is 18.2 Å². The van der Waals surface area contributed by atoms with E-state index in [0.717, 1.165) is 61.0 Å². The topological polar surface area (TPSA) is 98.7 Å². The maximum Gasteiger partial charge on any atom is 0.147 e. The summed E-state index contributed by atoms with van der Waals surface area (Å²) in [7, 11) is 1.71. The van der Waals surface area contributed by atoms with Gasteiger partial charge in [-0.3, -0.25) is 4.90 Å². The molecule has 1 aromatic carbocycles. The van der Waals surface area contributed by atoms with E-state index in [-0.39, 0.29) is 12.6 Å². The van der Waals surface area contributed by atoms with Gasteiger partial charge < -0.3 is 24.9 Å². The average Bonchev–Trinajstić information content (AvgIpc) is 2.94. The molecule has 2 heterocycles. The van der Waals surface area contributed by atoms with Crippen molar-refractivity contribution in [3.05, 3.63) is 41.0 Å². The first-order valence-corrected chi connectivity index (χ1v) is 9.92. The van der Waals surface area contributed by atoms with Gasteiger partial charge in [0.1, 0.15) is 24.0 Å². The van der Waals surface area contributed by atoms with Crippen molar-refractivity contribution in [2.75, 3.05) is 26.9 Å². The highest BCUT2D eigenvalue weighted by Gasteiger charge is 2.32. The summed E-state index contributed by atoms with van der Waals surface area (Å²) in [5, 5.41) is 18.4. The number of nitrogens with two attached hydrogens (primary N) is 1. The molecule has 0 radical (unpaired) electrons. The third kappa shape index (κ3) is 4.05. The second-order valence-electron chi connectivity index (χ2n) is 7.71. The van der Waals surface area contributed by atoms with Gasteiger partial charge in [0.2, 0.25) is 0 Å². The highest BCUT2D eigenvalue weighted by molar-refractivity contribution is 5.37. The van der Waals surface area contributed by atoms with E-state index in [0.29, 0.717) is 25.7 Å². The number of aliphatic hydroxyl groups excluding tert-OH is 1. The van der Waals surface area contributed by atoms with E-state index in [1.807, 2.05) is 18.2 Å². The number of hydrogen-bond acceptors (Lipinski definition) is 7. The lowest BCUT2D eigenvalue weighted by atomic mass is 9.80. The van der Waals surface area contributed by atoms with Gasteiger partial charge in [-0.25, -0.2) is 0 Å². The molecule has 152 valence electrons. The van der Waals surface area contributed by atoms with Crippen LogP contribution in [0, 0.1) is 0 Å². The second kappa shape index (κ2) is 8.57. The molecule has 3 N–H and O–H groups in total. The van der Waals surface area contributed by atoms with E-state index >= 15 is 0 Å². The van der Waals surface area contributed by atoms with E-state index in [1.54, 1.807) is 7.11 Å². The Morgan fingerprint density at radius 1 is 1.32 bits per heavy atom. The number of nitrogens with zero attached hydrogens (tertiary/aromatic N) is 4. The summed E-state index contributed by atoms with van der Waals surface area (Å²) in [5.74, 6) is 3.27. The Labute approximate surface area is 165 Å². The molecule has 0 saturated heterocycles. The minimum absolute atomic E-state index is 0.0332. The molecule has 1 aliphatic carbocycles. The summed E-state index contributed by atoms with van der Waals surface area (Å²) in [6.07, 6.45) is 1.94. The zero-order valence-electron chi connectivity index (χ0n) is 16.4. The minimum atomic E-state index is 0.0332. The van der Waals surface area contributed by atoms with Gasteiger partial charge >= 0.3 is 0 Å². The van der Waals surface area contributed by atoms with Crippen LogP contribution in [-0.4, -0.2) is 57.7 Å². The van der Waals surface area contributed by atoms with Gasteiger partial charge in [-0.1, -0.05) is 6.07 Å². The SMILES string of the molecule is COCCn1c(CN2CCOc3ccc(CO)cc3C2)nnc1C1CC(N)C1. The molecule has 1 aromatic heterocycles. The normalized spacial score (nSPS) is 22.2. The Balaban J connectivity index is 1.52. The molecule has 2 aromatic rings. The Kier molecular flexibility index (Phi) is 5.91. The van der Waals surface area contributed by atoms with Gasteiger partial charge in [0, 0.05) is 44.3 Å². The van der Waals surface area contributed by atoms with Gasteiger partial charge in [-0.2, -0.15) is 0 Å². The van der Waals surface area contributed by atoms with Crippen molar-refractivity contribution in [3.8, 4) is 5.75 Å². The molecule has 1 aliphatic heterocycles. The lowest BCUT2D eigenvalue weighted by Crippen LogP contribution is -2.36. The van der Waals surface area contributed by atoms with Crippen LogP contribution in [0.1, 0.15) is 41.5 Å². The number of aromatic nitrogens is 3. The largest absolute Gasteiger partial charge is 0.492 e. The Hall–Kier alpha value is -2.00. The first-order valence-electron chi connectivity index (χ1n) is 9.92. The third-order valence-corrected chi connectivity index (χ3v) is 5.65. The second-order valence-corrected chi connectivity index (χ2v) is 7.71. The van der Waals surface area contributed by atoms with Crippen LogP contribution in [0.25, 0.3) is 0 Å². The summed E-state index contributed by atoms with van der Waals surface area (Å²) >= 11 is 0. The van der Waals surface area contributed by atoms with Crippen molar-refractivity contribution in [2.45, 2.75) is 51.0 Å². The van der Waals surface area contributed by atoms with Crippen LogP contribution in [0.5, 0.6) is 5.75 Å². The monoisotopic (exact) mass is 387 g/mol. The molecule has 0 atom stereocenters. The molecule has 0 amide bonds. The molecule has 0 unspecified atom stereocenters. The van der Waals surface area contributed by atoms with Crippen molar-refractivity contribution >= 4 is 0 Å². The average molecular weight is 387 g/mol. The smallest absolute Gasteiger partial charge is 0.147 e. The zero-order valence-corrected chi connectivity index (χ0v) is 16.4. The first-order chi connectivity index (χ1) is 13.7. The van der Waals surface area contributed by atoms with Crippen LogP contribution >= 0.6 is 0 Å². The van der Waals surface area contributed by atoms with Crippen LogP contribution in [0.3, 0.4) is 0 Å². The van der Waals surface area contributed by atoms with Gasteiger partial charge in [0.15, 0.2) is 0 Å². The summed E-state index contributed by atoms with van der Waals surface area (Å²) in [6, 6.07) is 6.15. The van der Waals surface area contributed by atoms with Gasteiger partial charge in [-0.05, 0) is 30.5 Å². The summed E-state index contributed by atoms with van der Waals surface area (Å²) < 4.78 is 13.4. The fraction of sp³-hybridized carbons (Fsp3) is 0.600. The number of hydrogen-bond donors (Lipinski definition) is 2. The minimum Gasteiger partial charge on any atom is -0.492 e. The zero-order chi connectivity index (χ0) is 19.5. The quantitative estimate of drug-likeness (QED) is 0.732. The standard InChI is InChI=1S/C20H29N5O3/c1-27-6-5-25-19(22-23-20(25)15-9-17(21)10-15)12-24-4-7-28-18-3-2-14(13-26)8-16(18)11-24/h2-3,8,15,17,26H,4-7,9-13,21H2,1H3. The molecular weight excluding hydrogens is 358 g/mol. The van der Waals surface area contributed by atoms with E-state index < -0.39 is 0 Å². The first kappa shape index (κ1) is 19.3. The molecular formula is C20H29N5O3. The number of benzene rings is 1. The van der Waals surface area contributed by atoms with E-state index in [9.17, 15) is 5.11 Å². The molecule has 8 nitrogen and oxygen atoms in total. The maximum atomic E-state index is 9.43. The van der Waals surface area contributed by atoms with E-state index in [1.165, 1.54) is 0 Å². The van der Waals surface area contributed by atoms with E-state index in [4.69, 9.17) is 15.2 Å². The molecule has 1 fully saturated rings. The summed E-state index contributed by atoms with van der Waals surface area (Å²) in [4.78, 5) is 2.32. The summed E-state index contributed by atoms with van der Waals surface area (Å²) in [6.45, 7) is 4.29. The van der Waals surface area contributed by atoms with Crippen LogP contribution in [0.4, 0.5) is 0 Å². The number of methoxy groups -OCH3 is 1. The number of rotatable bonds is 7. The Bertz CT molecular complexity index is 803. The molecule has 0 spiro atoms. The fourth-order valence-corrected chi connectivity index (χ4v) is 4.00. The fourth-order valence-electron chi connectivity index (χ4n) is 4.00. The van der Waals surface area contributed by atoms with Gasteiger partial charge in [0.05, 0.1) is 19.8 Å². The van der Waals surface area contributed by atoms with Crippen molar-refractivity contribution in [1.29, 1.82) is 0 Å². The van der Waals surface area contributed by atoms with Crippen LogP contribution < -0.4 is 10.5 Å². The highest BCUT2D eigenvalue weighted by atomic mass is 16.5. The molecule has 28 heavy (non-hydrogen) atoms.